The minimum absolute atomic E-state index is 0.226. The van der Waals surface area contributed by atoms with Crippen molar-refractivity contribution in [2.45, 2.75) is 33.3 Å². The highest BCUT2D eigenvalue weighted by Crippen LogP contribution is 2.30. The standard InChI is InChI=1S/C10H19NO/c1-8-11(5)7-6-9(12-8)10(2,3)4/h9H,1,6-7H2,2-5H3. The molecule has 1 heterocycles. The van der Waals surface area contributed by atoms with Gasteiger partial charge in [0, 0.05) is 20.0 Å². The number of hydrogen-bond donors (Lipinski definition) is 0. The lowest BCUT2D eigenvalue weighted by Gasteiger charge is -2.39. The van der Waals surface area contributed by atoms with Gasteiger partial charge < -0.3 is 9.64 Å². The van der Waals surface area contributed by atoms with Crippen molar-refractivity contribution in [3.8, 4) is 0 Å². The first-order valence-electron chi connectivity index (χ1n) is 4.48. The molecule has 0 amide bonds. The van der Waals surface area contributed by atoms with E-state index in [1.54, 1.807) is 0 Å². The largest absolute Gasteiger partial charge is 0.476 e. The van der Waals surface area contributed by atoms with E-state index in [1.807, 2.05) is 7.05 Å². The highest BCUT2D eigenvalue weighted by Gasteiger charge is 2.30. The van der Waals surface area contributed by atoms with E-state index >= 15 is 0 Å². The lowest BCUT2D eigenvalue weighted by Crippen LogP contribution is -2.39. The first kappa shape index (κ1) is 9.43. The predicted molar refractivity (Wildman–Crippen MR) is 50.7 cm³/mol. The van der Waals surface area contributed by atoms with E-state index in [2.05, 4.69) is 32.3 Å². The smallest absolute Gasteiger partial charge is 0.181 e. The van der Waals surface area contributed by atoms with Crippen LogP contribution in [0.3, 0.4) is 0 Å². The van der Waals surface area contributed by atoms with Crippen molar-refractivity contribution >= 4 is 0 Å². The van der Waals surface area contributed by atoms with Crippen LogP contribution in [0, 0.1) is 5.41 Å². The van der Waals surface area contributed by atoms with Crippen molar-refractivity contribution in [1.82, 2.24) is 4.90 Å². The van der Waals surface area contributed by atoms with Crippen molar-refractivity contribution < 1.29 is 4.74 Å². The van der Waals surface area contributed by atoms with Crippen LogP contribution < -0.4 is 0 Å². The van der Waals surface area contributed by atoms with Gasteiger partial charge >= 0.3 is 0 Å². The van der Waals surface area contributed by atoms with Crippen molar-refractivity contribution in [1.29, 1.82) is 0 Å². The van der Waals surface area contributed by atoms with Crippen LogP contribution in [0.15, 0.2) is 12.5 Å². The summed E-state index contributed by atoms with van der Waals surface area (Å²) >= 11 is 0. The molecule has 0 aliphatic carbocycles. The van der Waals surface area contributed by atoms with Crippen LogP contribution in [-0.4, -0.2) is 24.6 Å². The Hall–Kier alpha value is -0.660. The number of ether oxygens (including phenoxy) is 1. The molecule has 0 bridgehead atoms. The second-order valence-electron chi connectivity index (χ2n) is 4.58. The summed E-state index contributed by atoms with van der Waals surface area (Å²) in [5.74, 6) is 0.807. The highest BCUT2D eigenvalue weighted by molar-refractivity contribution is 4.91. The van der Waals surface area contributed by atoms with Crippen LogP contribution >= 0.6 is 0 Å². The molecule has 12 heavy (non-hydrogen) atoms. The van der Waals surface area contributed by atoms with Gasteiger partial charge in [-0.05, 0) is 12.0 Å². The summed E-state index contributed by atoms with van der Waals surface area (Å²) in [6.07, 6.45) is 1.42. The van der Waals surface area contributed by atoms with Gasteiger partial charge in [-0.3, -0.25) is 0 Å². The molecule has 1 unspecified atom stereocenters. The maximum Gasteiger partial charge on any atom is 0.181 e. The summed E-state index contributed by atoms with van der Waals surface area (Å²) in [4.78, 5) is 2.06. The second-order valence-corrected chi connectivity index (χ2v) is 4.58. The Morgan fingerprint density at radius 2 is 2.08 bits per heavy atom. The van der Waals surface area contributed by atoms with Gasteiger partial charge in [0.05, 0.1) is 0 Å². The molecule has 1 fully saturated rings. The van der Waals surface area contributed by atoms with E-state index in [0.29, 0.717) is 6.10 Å². The third kappa shape index (κ3) is 1.93. The van der Waals surface area contributed by atoms with Gasteiger partial charge in [-0.15, -0.1) is 0 Å². The molecule has 1 saturated heterocycles. The normalized spacial score (nSPS) is 25.5. The maximum absolute atomic E-state index is 5.69. The van der Waals surface area contributed by atoms with Crippen LogP contribution in [0.25, 0.3) is 0 Å². The molecule has 2 heteroatoms. The first-order valence-corrected chi connectivity index (χ1v) is 4.48. The van der Waals surface area contributed by atoms with E-state index in [1.165, 1.54) is 0 Å². The zero-order valence-electron chi connectivity index (χ0n) is 8.55. The fourth-order valence-electron chi connectivity index (χ4n) is 1.36. The monoisotopic (exact) mass is 169 g/mol. The third-order valence-electron chi connectivity index (χ3n) is 2.40. The van der Waals surface area contributed by atoms with Crippen LogP contribution in [-0.2, 0) is 4.74 Å². The molecule has 1 rings (SSSR count). The van der Waals surface area contributed by atoms with Crippen LogP contribution in [0.4, 0.5) is 0 Å². The molecule has 1 atom stereocenters. The molecule has 70 valence electrons. The molecule has 0 N–H and O–H groups in total. The van der Waals surface area contributed by atoms with Crippen LogP contribution in [0.2, 0.25) is 0 Å². The minimum Gasteiger partial charge on any atom is -0.476 e. The summed E-state index contributed by atoms with van der Waals surface area (Å²) in [5.41, 5.74) is 0.226. The van der Waals surface area contributed by atoms with E-state index in [-0.39, 0.29) is 5.41 Å². The quantitative estimate of drug-likeness (QED) is 0.551. The Balaban J connectivity index is 2.57. The molecule has 0 aromatic heterocycles. The Bertz CT molecular complexity index is 181. The molecule has 0 aromatic rings. The summed E-state index contributed by atoms with van der Waals surface area (Å²) in [6, 6.07) is 0. The van der Waals surface area contributed by atoms with Crippen molar-refractivity contribution in [2.75, 3.05) is 13.6 Å². The van der Waals surface area contributed by atoms with Gasteiger partial charge in [0.25, 0.3) is 0 Å². The van der Waals surface area contributed by atoms with Gasteiger partial charge in [-0.1, -0.05) is 20.8 Å². The SMILES string of the molecule is C=C1OC(C(C)(C)C)CCN1C. The molecule has 1 aliphatic rings. The Morgan fingerprint density at radius 1 is 1.50 bits per heavy atom. The first-order chi connectivity index (χ1) is 5.41. The van der Waals surface area contributed by atoms with E-state index in [0.717, 1.165) is 18.8 Å². The summed E-state index contributed by atoms with van der Waals surface area (Å²) in [6.45, 7) is 11.5. The van der Waals surface area contributed by atoms with Gasteiger partial charge in [0.1, 0.15) is 6.10 Å². The van der Waals surface area contributed by atoms with E-state index in [4.69, 9.17) is 4.74 Å². The van der Waals surface area contributed by atoms with Crippen LogP contribution in [0.1, 0.15) is 27.2 Å². The molecule has 1 aliphatic heterocycles. The number of rotatable bonds is 0. The van der Waals surface area contributed by atoms with Crippen molar-refractivity contribution in [3.63, 3.8) is 0 Å². The average Bonchev–Trinajstić information content (AvgIpc) is 1.92. The highest BCUT2D eigenvalue weighted by atomic mass is 16.5. The Kier molecular flexibility index (Phi) is 2.36. The minimum atomic E-state index is 0.226. The zero-order chi connectivity index (χ0) is 9.35. The lowest BCUT2D eigenvalue weighted by atomic mass is 9.86. The molecular weight excluding hydrogens is 150 g/mol. The molecule has 0 saturated carbocycles. The third-order valence-corrected chi connectivity index (χ3v) is 2.40. The summed E-state index contributed by atoms with van der Waals surface area (Å²) < 4.78 is 5.69. The van der Waals surface area contributed by atoms with Gasteiger partial charge in [0.2, 0.25) is 0 Å². The topological polar surface area (TPSA) is 12.5 Å². The lowest BCUT2D eigenvalue weighted by molar-refractivity contribution is -0.0458. The van der Waals surface area contributed by atoms with Gasteiger partial charge in [-0.25, -0.2) is 0 Å². The number of hydrogen-bond acceptors (Lipinski definition) is 2. The van der Waals surface area contributed by atoms with Crippen LogP contribution in [0.5, 0.6) is 0 Å². The Labute approximate surface area is 75.2 Å². The molecule has 0 radical (unpaired) electrons. The summed E-state index contributed by atoms with van der Waals surface area (Å²) in [5, 5.41) is 0. The van der Waals surface area contributed by atoms with Crippen molar-refractivity contribution in [3.05, 3.63) is 12.5 Å². The summed E-state index contributed by atoms with van der Waals surface area (Å²) in [7, 11) is 2.02. The maximum atomic E-state index is 5.69. The molecule has 2 nitrogen and oxygen atoms in total. The fourth-order valence-corrected chi connectivity index (χ4v) is 1.36. The average molecular weight is 169 g/mol. The second kappa shape index (κ2) is 3.00. The van der Waals surface area contributed by atoms with E-state index in [9.17, 15) is 0 Å². The zero-order valence-corrected chi connectivity index (χ0v) is 8.55. The van der Waals surface area contributed by atoms with Crippen molar-refractivity contribution in [2.24, 2.45) is 5.41 Å². The predicted octanol–water partition coefficient (Wildman–Crippen LogP) is 2.22. The Morgan fingerprint density at radius 3 is 2.50 bits per heavy atom. The van der Waals surface area contributed by atoms with Gasteiger partial charge in [-0.2, -0.15) is 0 Å². The molecule has 0 aromatic carbocycles. The molecular formula is C10H19NO. The van der Waals surface area contributed by atoms with Gasteiger partial charge in [0.15, 0.2) is 5.88 Å². The fraction of sp³-hybridized carbons (Fsp3) is 0.800. The van der Waals surface area contributed by atoms with E-state index < -0.39 is 0 Å². The molecule has 0 spiro atoms. The number of nitrogens with zero attached hydrogens (tertiary/aromatic N) is 1.